The summed E-state index contributed by atoms with van der Waals surface area (Å²) in [5, 5.41) is 3.61. The summed E-state index contributed by atoms with van der Waals surface area (Å²) in [4.78, 5) is 1.35. The van der Waals surface area contributed by atoms with Gasteiger partial charge in [0, 0.05) is 22.7 Å². The van der Waals surface area contributed by atoms with Crippen LogP contribution in [0.2, 0.25) is 0 Å². The van der Waals surface area contributed by atoms with Gasteiger partial charge in [-0.1, -0.05) is 30.3 Å². The Bertz CT molecular complexity index is 626. The molecule has 2 unspecified atom stereocenters. The molecule has 0 fully saturated rings. The molecule has 1 nitrogen and oxygen atoms in total. The van der Waals surface area contributed by atoms with Crippen LogP contribution in [-0.4, -0.2) is 5.75 Å². The molecule has 1 aliphatic heterocycles. The van der Waals surface area contributed by atoms with Gasteiger partial charge in [0.25, 0.3) is 0 Å². The van der Waals surface area contributed by atoms with E-state index in [4.69, 9.17) is 0 Å². The van der Waals surface area contributed by atoms with Gasteiger partial charge < -0.3 is 5.32 Å². The Labute approximate surface area is 123 Å². The molecule has 0 bridgehead atoms. The van der Waals surface area contributed by atoms with Crippen molar-refractivity contribution in [3.05, 3.63) is 65.0 Å². The van der Waals surface area contributed by atoms with Gasteiger partial charge in [-0.2, -0.15) is 0 Å². The van der Waals surface area contributed by atoms with E-state index in [-0.39, 0.29) is 11.9 Å². The van der Waals surface area contributed by atoms with Gasteiger partial charge in [-0.15, -0.1) is 11.8 Å². The summed E-state index contributed by atoms with van der Waals surface area (Å²) in [5.74, 6) is 0.912. The standard InChI is InChI=1S/C17H18FNS/c1-11-7-8-13(9-15(11)18)12(2)19-16-10-20-17-6-4-3-5-14(16)17/h3-9,12,16,19H,10H2,1-2H3. The zero-order valence-electron chi connectivity index (χ0n) is 11.7. The third kappa shape index (κ3) is 2.60. The predicted octanol–water partition coefficient (Wildman–Crippen LogP) is 4.63. The molecular weight excluding hydrogens is 269 g/mol. The van der Waals surface area contributed by atoms with Gasteiger partial charge >= 0.3 is 0 Å². The number of aryl methyl sites for hydroxylation is 1. The molecule has 0 spiro atoms. The largest absolute Gasteiger partial charge is 0.303 e. The van der Waals surface area contributed by atoms with Crippen molar-refractivity contribution < 1.29 is 4.39 Å². The molecule has 1 heterocycles. The van der Waals surface area contributed by atoms with Gasteiger partial charge in [0.15, 0.2) is 0 Å². The van der Waals surface area contributed by atoms with Crippen molar-refractivity contribution in [3.63, 3.8) is 0 Å². The number of rotatable bonds is 3. The minimum atomic E-state index is -0.127. The highest BCUT2D eigenvalue weighted by atomic mass is 32.2. The molecule has 1 N–H and O–H groups in total. The van der Waals surface area contributed by atoms with Crippen LogP contribution in [0.25, 0.3) is 0 Å². The van der Waals surface area contributed by atoms with E-state index in [0.29, 0.717) is 11.6 Å². The minimum Gasteiger partial charge on any atom is -0.303 e. The van der Waals surface area contributed by atoms with Crippen LogP contribution in [0.3, 0.4) is 0 Å². The molecule has 3 rings (SSSR count). The SMILES string of the molecule is Cc1ccc(C(C)NC2CSc3ccccc32)cc1F. The van der Waals surface area contributed by atoms with Crippen LogP contribution >= 0.6 is 11.8 Å². The van der Waals surface area contributed by atoms with Gasteiger partial charge in [-0.3, -0.25) is 0 Å². The van der Waals surface area contributed by atoms with Crippen LogP contribution in [0.5, 0.6) is 0 Å². The first-order chi connectivity index (χ1) is 9.65. The lowest BCUT2D eigenvalue weighted by Gasteiger charge is -2.20. The quantitative estimate of drug-likeness (QED) is 0.883. The van der Waals surface area contributed by atoms with Crippen molar-refractivity contribution in [2.75, 3.05) is 5.75 Å². The molecular formula is C17H18FNS. The molecule has 2 aromatic rings. The molecule has 20 heavy (non-hydrogen) atoms. The molecule has 0 saturated carbocycles. The fourth-order valence-electron chi connectivity index (χ4n) is 2.58. The summed E-state index contributed by atoms with van der Waals surface area (Å²) < 4.78 is 13.7. The summed E-state index contributed by atoms with van der Waals surface area (Å²) >= 11 is 1.88. The third-order valence-electron chi connectivity index (χ3n) is 3.85. The molecule has 2 aromatic carbocycles. The molecule has 0 radical (unpaired) electrons. The van der Waals surface area contributed by atoms with E-state index in [1.807, 2.05) is 23.9 Å². The van der Waals surface area contributed by atoms with Crippen molar-refractivity contribution in [2.24, 2.45) is 0 Å². The summed E-state index contributed by atoms with van der Waals surface area (Å²) in [6.07, 6.45) is 0. The average molecular weight is 287 g/mol. The maximum Gasteiger partial charge on any atom is 0.126 e. The van der Waals surface area contributed by atoms with Crippen molar-refractivity contribution in [1.29, 1.82) is 0 Å². The first-order valence-corrected chi connectivity index (χ1v) is 7.87. The minimum absolute atomic E-state index is 0.127. The van der Waals surface area contributed by atoms with Gasteiger partial charge in [0.2, 0.25) is 0 Å². The fraction of sp³-hybridized carbons (Fsp3) is 0.294. The monoisotopic (exact) mass is 287 g/mol. The highest BCUT2D eigenvalue weighted by molar-refractivity contribution is 7.99. The Morgan fingerprint density at radius 2 is 2.05 bits per heavy atom. The van der Waals surface area contributed by atoms with Crippen molar-refractivity contribution >= 4 is 11.8 Å². The number of fused-ring (bicyclic) bond motifs is 1. The lowest BCUT2D eigenvalue weighted by Crippen LogP contribution is -2.24. The summed E-state index contributed by atoms with van der Waals surface area (Å²) in [5.41, 5.74) is 3.06. The average Bonchev–Trinajstić information content (AvgIpc) is 2.85. The zero-order valence-corrected chi connectivity index (χ0v) is 12.5. The molecule has 0 aliphatic carbocycles. The smallest absolute Gasteiger partial charge is 0.126 e. The van der Waals surface area contributed by atoms with Gasteiger partial charge in [0.1, 0.15) is 5.82 Å². The highest BCUT2D eigenvalue weighted by Gasteiger charge is 2.24. The normalized spacial score (nSPS) is 18.9. The number of thioether (sulfide) groups is 1. The van der Waals surface area contributed by atoms with Gasteiger partial charge in [-0.05, 0) is 42.7 Å². The van der Waals surface area contributed by atoms with Crippen molar-refractivity contribution in [3.8, 4) is 0 Å². The van der Waals surface area contributed by atoms with Crippen LogP contribution in [0, 0.1) is 12.7 Å². The van der Waals surface area contributed by atoms with Crippen molar-refractivity contribution in [1.82, 2.24) is 5.32 Å². The number of nitrogens with one attached hydrogen (secondary N) is 1. The topological polar surface area (TPSA) is 12.0 Å². The molecule has 104 valence electrons. The van der Waals surface area contributed by atoms with Crippen LogP contribution in [0.15, 0.2) is 47.4 Å². The predicted molar refractivity (Wildman–Crippen MR) is 82.6 cm³/mol. The van der Waals surface area contributed by atoms with E-state index in [0.717, 1.165) is 11.3 Å². The zero-order chi connectivity index (χ0) is 14.1. The second kappa shape index (κ2) is 5.58. The second-order valence-electron chi connectivity index (χ2n) is 5.30. The summed E-state index contributed by atoms with van der Waals surface area (Å²) in [6, 6.07) is 14.5. The molecule has 1 aliphatic rings. The Kier molecular flexibility index (Phi) is 3.81. The highest BCUT2D eigenvalue weighted by Crippen LogP contribution is 2.38. The van der Waals surface area contributed by atoms with E-state index >= 15 is 0 Å². The van der Waals surface area contributed by atoms with Crippen molar-refractivity contribution in [2.45, 2.75) is 30.8 Å². The number of halogens is 1. The van der Waals surface area contributed by atoms with E-state index in [1.165, 1.54) is 10.5 Å². The van der Waals surface area contributed by atoms with Gasteiger partial charge in [-0.25, -0.2) is 4.39 Å². The maximum absolute atomic E-state index is 13.7. The number of hydrogen-bond donors (Lipinski definition) is 1. The molecule has 0 amide bonds. The molecule has 3 heteroatoms. The van der Waals surface area contributed by atoms with Crippen LogP contribution < -0.4 is 5.32 Å². The summed E-state index contributed by atoms with van der Waals surface area (Å²) in [7, 11) is 0. The summed E-state index contributed by atoms with van der Waals surface area (Å²) in [6.45, 7) is 3.89. The maximum atomic E-state index is 13.7. The Balaban J connectivity index is 1.77. The number of benzene rings is 2. The lowest BCUT2D eigenvalue weighted by atomic mass is 10.0. The first kappa shape index (κ1) is 13.7. The van der Waals surface area contributed by atoms with Crippen LogP contribution in [0.1, 0.15) is 35.7 Å². The Morgan fingerprint density at radius 1 is 1.25 bits per heavy atom. The first-order valence-electron chi connectivity index (χ1n) is 6.89. The lowest BCUT2D eigenvalue weighted by molar-refractivity contribution is 0.498. The Morgan fingerprint density at radius 3 is 2.85 bits per heavy atom. The third-order valence-corrected chi connectivity index (χ3v) is 5.03. The van der Waals surface area contributed by atoms with Crippen LogP contribution in [-0.2, 0) is 0 Å². The van der Waals surface area contributed by atoms with Crippen LogP contribution in [0.4, 0.5) is 4.39 Å². The number of hydrogen-bond acceptors (Lipinski definition) is 2. The van der Waals surface area contributed by atoms with E-state index in [2.05, 4.69) is 36.5 Å². The van der Waals surface area contributed by atoms with E-state index in [1.54, 1.807) is 13.0 Å². The fourth-order valence-corrected chi connectivity index (χ4v) is 3.75. The van der Waals surface area contributed by atoms with E-state index in [9.17, 15) is 4.39 Å². The second-order valence-corrected chi connectivity index (χ2v) is 6.36. The van der Waals surface area contributed by atoms with E-state index < -0.39 is 0 Å². The molecule has 2 atom stereocenters. The Hall–Kier alpha value is -1.32. The van der Waals surface area contributed by atoms with Gasteiger partial charge in [0.05, 0.1) is 0 Å². The molecule has 0 saturated heterocycles. The molecule has 0 aromatic heterocycles.